The maximum atomic E-state index is 13.7. The molecule has 2 aromatic carbocycles. The zero-order chi connectivity index (χ0) is 26.6. The number of anilines is 1. The van der Waals surface area contributed by atoms with E-state index in [1.807, 2.05) is 32.0 Å². The zero-order valence-corrected chi connectivity index (χ0v) is 22.6. The minimum absolute atomic E-state index is 0.182. The first-order valence-electron chi connectivity index (χ1n) is 12.7. The van der Waals surface area contributed by atoms with Crippen LogP contribution >= 0.6 is 15.9 Å². The number of carbonyl (C=O) groups is 1. The Morgan fingerprint density at radius 3 is 2.59 bits per heavy atom. The summed E-state index contributed by atoms with van der Waals surface area (Å²) in [7, 11) is 0. The van der Waals surface area contributed by atoms with E-state index in [0.717, 1.165) is 59.1 Å². The number of para-hydroxylation sites is 1. The van der Waals surface area contributed by atoms with Crippen LogP contribution in [0.15, 0.2) is 46.9 Å². The lowest BCUT2D eigenvalue weighted by Gasteiger charge is -2.30. The Kier molecular flexibility index (Phi) is 8.62. The van der Waals surface area contributed by atoms with Crippen LogP contribution in [-0.4, -0.2) is 36.9 Å². The lowest BCUT2D eigenvalue weighted by atomic mass is 9.93. The number of carbonyl (C=O) groups excluding carboxylic acids is 1. The number of rotatable bonds is 8. The van der Waals surface area contributed by atoms with E-state index in [2.05, 4.69) is 30.9 Å². The summed E-state index contributed by atoms with van der Waals surface area (Å²) >= 11 is 3.50. The SMILES string of the molecule is CCCC(CNC(=O)c1c(C)c(N2CCCCC2)nc2ccc(Br)cc12)c1ccccc1OC(F)(F)F. The third kappa shape index (κ3) is 6.55. The van der Waals surface area contributed by atoms with E-state index in [9.17, 15) is 18.0 Å². The summed E-state index contributed by atoms with van der Waals surface area (Å²) in [4.78, 5) is 20.8. The van der Waals surface area contributed by atoms with Crippen molar-refractivity contribution in [3.8, 4) is 5.75 Å². The molecule has 1 unspecified atom stereocenters. The summed E-state index contributed by atoms with van der Waals surface area (Å²) in [5, 5.41) is 3.75. The molecule has 1 saturated heterocycles. The monoisotopic (exact) mass is 577 g/mol. The molecule has 1 aromatic heterocycles. The molecule has 9 heteroatoms. The van der Waals surface area contributed by atoms with Crippen LogP contribution in [0.5, 0.6) is 5.75 Å². The fourth-order valence-corrected chi connectivity index (χ4v) is 5.44. The third-order valence-electron chi connectivity index (χ3n) is 6.78. The van der Waals surface area contributed by atoms with Gasteiger partial charge in [-0.25, -0.2) is 4.98 Å². The van der Waals surface area contributed by atoms with E-state index in [1.54, 1.807) is 12.1 Å². The summed E-state index contributed by atoms with van der Waals surface area (Å²) in [6, 6.07) is 11.8. The van der Waals surface area contributed by atoms with E-state index >= 15 is 0 Å². The number of ether oxygens (including phenoxy) is 1. The van der Waals surface area contributed by atoms with Gasteiger partial charge in [-0.15, -0.1) is 13.2 Å². The van der Waals surface area contributed by atoms with Gasteiger partial charge in [-0.1, -0.05) is 47.5 Å². The Balaban J connectivity index is 1.66. The van der Waals surface area contributed by atoms with Crippen molar-refractivity contribution in [2.45, 2.75) is 58.2 Å². The smallest absolute Gasteiger partial charge is 0.405 e. The van der Waals surface area contributed by atoms with E-state index in [-0.39, 0.29) is 24.1 Å². The molecule has 1 fully saturated rings. The highest BCUT2D eigenvalue weighted by Gasteiger charge is 2.33. The summed E-state index contributed by atoms with van der Waals surface area (Å²) in [5.41, 5.74) is 2.50. The van der Waals surface area contributed by atoms with Crippen molar-refractivity contribution < 1.29 is 22.7 Å². The quantitative estimate of drug-likeness (QED) is 0.301. The highest BCUT2D eigenvalue weighted by molar-refractivity contribution is 9.10. The van der Waals surface area contributed by atoms with Gasteiger partial charge in [-0.3, -0.25) is 4.79 Å². The van der Waals surface area contributed by atoms with Gasteiger partial charge in [0.05, 0.1) is 11.1 Å². The number of aromatic nitrogens is 1. The van der Waals surface area contributed by atoms with Crippen molar-refractivity contribution in [3.05, 3.63) is 63.6 Å². The molecule has 4 rings (SSSR count). The van der Waals surface area contributed by atoms with Crippen molar-refractivity contribution in [1.29, 1.82) is 0 Å². The van der Waals surface area contributed by atoms with Crippen LogP contribution in [0.2, 0.25) is 0 Å². The van der Waals surface area contributed by atoms with Crippen LogP contribution in [0, 0.1) is 6.92 Å². The number of hydrogen-bond donors (Lipinski definition) is 1. The number of halogens is 4. The summed E-state index contributed by atoms with van der Waals surface area (Å²) < 4.78 is 44.2. The Morgan fingerprint density at radius 1 is 1.16 bits per heavy atom. The van der Waals surface area contributed by atoms with Crippen LogP contribution in [0.25, 0.3) is 10.9 Å². The second-order valence-electron chi connectivity index (χ2n) is 9.43. The Bertz CT molecular complexity index is 1260. The number of benzene rings is 2. The van der Waals surface area contributed by atoms with Crippen molar-refractivity contribution >= 4 is 38.6 Å². The molecule has 198 valence electrons. The first kappa shape index (κ1) is 27.2. The lowest BCUT2D eigenvalue weighted by Crippen LogP contribution is -2.33. The van der Waals surface area contributed by atoms with Gasteiger partial charge in [-0.05, 0) is 62.4 Å². The van der Waals surface area contributed by atoms with E-state index < -0.39 is 6.36 Å². The number of nitrogens with one attached hydrogen (secondary N) is 1. The second kappa shape index (κ2) is 11.7. The molecule has 1 aliphatic rings. The van der Waals surface area contributed by atoms with Gasteiger partial charge in [0, 0.05) is 41.0 Å². The highest BCUT2D eigenvalue weighted by atomic mass is 79.9. The highest BCUT2D eigenvalue weighted by Crippen LogP contribution is 2.34. The molecular weight excluding hydrogens is 547 g/mol. The summed E-state index contributed by atoms with van der Waals surface area (Å²) in [5.74, 6) is -0.0240. The van der Waals surface area contributed by atoms with Crippen molar-refractivity contribution in [3.63, 3.8) is 0 Å². The standard InChI is InChI=1S/C28H31BrF3N3O2/c1-3-9-19(21-10-5-6-11-24(21)37-28(30,31)32)17-33-27(36)25-18(2)26(35-14-7-4-8-15-35)34-23-13-12-20(29)16-22(23)25/h5-6,10-13,16,19H,3-4,7-9,14-15,17H2,1-2H3,(H,33,36). The molecule has 0 spiro atoms. The van der Waals surface area contributed by atoms with Gasteiger partial charge in [0.1, 0.15) is 11.6 Å². The molecular formula is C28H31BrF3N3O2. The molecule has 1 amide bonds. The van der Waals surface area contributed by atoms with Crippen LogP contribution < -0.4 is 15.0 Å². The minimum atomic E-state index is -4.79. The summed E-state index contributed by atoms with van der Waals surface area (Å²) in [6.07, 6.45) is -0.106. The van der Waals surface area contributed by atoms with Crippen molar-refractivity contribution in [1.82, 2.24) is 10.3 Å². The van der Waals surface area contributed by atoms with E-state index in [1.165, 1.54) is 18.6 Å². The summed E-state index contributed by atoms with van der Waals surface area (Å²) in [6.45, 7) is 5.85. The second-order valence-corrected chi connectivity index (χ2v) is 10.3. The van der Waals surface area contributed by atoms with Crippen LogP contribution in [0.4, 0.5) is 19.0 Å². The predicted molar refractivity (Wildman–Crippen MR) is 143 cm³/mol. The molecule has 1 N–H and O–H groups in total. The molecule has 0 bridgehead atoms. The predicted octanol–water partition coefficient (Wildman–Crippen LogP) is 7.51. The molecule has 2 heterocycles. The molecule has 0 saturated carbocycles. The molecule has 1 atom stereocenters. The average Bonchev–Trinajstić information content (AvgIpc) is 2.86. The van der Waals surface area contributed by atoms with Gasteiger partial charge in [0.2, 0.25) is 0 Å². The normalized spacial score (nSPS) is 15.0. The largest absolute Gasteiger partial charge is 0.573 e. The third-order valence-corrected chi connectivity index (χ3v) is 7.27. The molecule has 3 aromatic rings. The molecule has 37 heavy (non-hydrogen) atoms. The number of nitrogens with zero attached hydrogens (tertiary/aromatic N) is 2. The molecule has 5 nitrogen and oxygen atoms in total. The Hall–Kier alpha value is -2.81. The van der Waals surface area contributed by atoms with Gasteiger partial charge in [0.25, 0.3) is 5.91 Å². The first-order chi connectivity index (χ1) is 17.7. The van der Waals surface area contributed by atoms with Gasteiger partial charge < -0.3 is 15.0 Å². The van der Waals surface area contributed by atoms with Crippen molar-refractivity contribution in [2.75, 3.05) is 24.5 Å². The molecule has 1 aliphatic heterocycles. The zero-order valence-electron chi connectivity index (χ0n) is 21.0. The topological polar surface area (TPSA) is 54.5 Å². The maximum absolute atomic E-state index is 13.7. The molecule has 0 aliphatic carbocycles. The van der Waals surface area contributed by atoms with Gasteiger partial charge >= 0.3 is 6.36 Å². The van der Waals surface area contributed by atoms with Gasteiger partial charge in [0.15, 0.2) is 0 Å². The Labute approximate surface area is 223 Å². The first-order valence-corrected chi connectivity index (χ1v) is 13.4. The number of amides is 1. The van der Waals surface area contributed by atoms with Crippen LogP contribution in [-0.2, 0) is 0 Å². The van der Waals surface area contributed by atoms with Crippen LogP contribution in [0.1, 0.15) is 66.4 Å². The van der Waals surface area contributed by atoms with Gasteiger partial charge in [-0.2, -0.15) is 0 Å². The molecule has 0 radical (unpaired) electrons. The van der Waals surface area contributed by atoms with E-state index in [4.69, 9.17) is 4.98 Å². The Morgan fingerprint density at radius 2 is 1.89 bits per heavy atom. The lowest BCUT2D eigenvalue weighted by molar-refractivity contribution is -0.275. The fraction of sp³-hybridized carbons (Fsp3) is 0.429. The van der Waals surface area contributed by atoms with Crippen molar-refractivity contribution in [2.24, 2.45) is 0 Å². The minimum Gasteiger partial charge on any atom is -0.405 e. The van der Waals surface area contributed by atoms with Crippen LogP contribution in [0.3, 0.4) is 0 Å². The number of pyridine rings is 1. The number of fused-ring (bicyclic) bond motifs is 1. The number of hydrogen-bond acceptors (Lipinski definition) is 4. The van der Waals surface area contributed by atoms with E-state index in [0.29, 0.717) is 17.5 Å². The maximum Gasteiger partial charge on any atom is 0.573 e. The number of piperidine rings is 1. The average molecular weight is 578 g/mol. The fourth-order valence-electron chi connectivity index (χ4n) is 5.08. The number of alkyl halides is 3.